The smallest absolute Gasteiger partial charge is 0.185 e. The Labute approximate surface area is 78.5 Å². The quantitative estimate of drug-likeness (QED) is 0.331. The van der Waals surface area contributed by atoms with Crippen molar-refractivity contribution in [3.8, 4) is 0 Å². The molecule has 1 fully saturated rings. The summed E-state index contributed by atoms with van der Waals surface area (Å²) in [6.07, 6.45) is 0. The van der Waals surface area contributed by atoms with Crippen LogP contribution in [0.3, 0.4) is 0 Å². The number of guanidine groups is 1. The van der Waals surface area contributed by atoms with Gasteiger partial charge in [-0.3, -0.25) is 5.41 Å². The lowest BCUT2D eigenvalue weighted by Crippen LogP contribution is -2.56. The molecule has 5 heteroatoms. The van der Waals surface area contributed by atoms with E-state index in [1.807, 2.05) is 0 Å². The third-order valence-corrected chi connectivity index (χ3v) is 2.22. The Hall–Kier alpha value is -0.810. The Morgan fingerprint density at radius 3 is 2.62 bits per heavy atom. The number of hydrogen-bond acceptors (Lipinski definition) is 3. The first-order valence-corrected chi connectivity index (χ1v) is 4.55. The van der Waals surface area contributed by atoms with E-state index in [0.717, 1.165) is 32.8 Å². The molecular weight excluding hydrogens is 168 g/mol. The molecule has 1 rings (SSSR count). The fourth-order valence-corrected chi connectivity index (χ4v) is 1.33. The van der Waals surface area contributed by atoms with Crippen LogP contribution in [0.1, 0.15) is 6.92 Å². The Balaban J connectivity index is 2.27. The molecule has 0 bridgehead atoms. The topological polar surface area (TPSA) is 83.2 Å². The maximum Gasteiger partial charge on any atom is 0.185 e. The van der Waals surface area contributed by atoms with Crippen molar-refractivity contribution in [3.63, 3.8) is 0 Å². The van der Waals surface area contributed by atoms with Gasteiger partial charge in [0.05, 0.1) is 13.2 Å². The third kappa shape index (κ3) is 2.86. The first kappa shape index (κ1) is 10.3. The Morgan fingerprint density at radius 1 is 1.54 bits per heavy atom. The summed E-state index contributed by atoms with van der Waals surface area (Å²) in [4.78, 5) is 0. The van der Waals surface area contributed by atoms with Gasteiger partial charge in [0.25, 0.3) is 0 Å². The van der Waals surface area contributed by atoms with E-state index in [1.165, 1.54) is 0 Å². The molecule has 13 heavy (non-hydrogen) atoms. The van der Waals surface area contributed by atoms with E-state index in [9.17, 15) is 0 Å². The molecule has 0 saturated carbocycles. The number of nitrogens with one attached hydrogen (secondary N) is 3. The fraction of sp³-hybridized carbons (Fsp3) is 0.875. The van der Waals surface area contributed by atoms with Crippen molar-refractivity contribution in [2.24, 2.45) is 11.1 Å². The molecule has 5 N–H and O–H groups in total. The molecule has 76 valence electrons. The van der Waals surface area contributed by atoms with Crippen molar-refractivity contribution >= 4 is 5.96 Å². The predicted molar refractivity (Wildman–Crippen MR) is 51.7 cm³/mol. The molecule has 0 amide bonds. The molecular formula is C8H18N4O. The second-order valence-corrected chi connectivity index (χ2v) is 3.54. The summed E-state index contributed by atoms with van der Waals surface area (Å²) in [6.45, 7) is 6.17. The fourth-order valence-electron chi connectivity index (χ4n) is 1.33. The number of nitrogens with two attached hydrogens (primary N) is 1. The van der Waals surface area contributed by atoms with Gasteiger partial charge in [0, 0.05) is 18.5 Å². The van der Waals surface area contributed by atoms with Crippen molar-refractivity contribution in [3.05, 3.63) is 0 Å². The van der Waals surface area contributed by atoms with E-state index in [-0.39, 0.29) is 11.4 Å². The summed E-state index contributed by atoms with van der Waals surface area (Å²) in [6, 6.07) is 0. The lowest BCUT2D eigenvalue weighted by Gasteiger charge is -2.41. The Morgan fingerprint density at radius 2 is 2.23 bits per heavy atom. The van der Waals surface area contributed by atoms with E-state index in [4.69, 9.17) is 15.9 Å². The molecule has 1 saturated heterocycles. The van der Waals surface area contributed by atoms with Gasteiger partial charge >= 0.3 is 0 Å². The van der Waals surface area contributed by atoms with Gasteiger partial charge in [0.15, 0.2) is 5.96 Å². The molecule has 0 aromatic rings. The maximum absolute atomic E-state index is 7.06. The highest BCUT2D eigenvalue weighted by molar-refractivity contribution is 5.74. The summed E-state index contributed by atoms with van der Waals surface area (Å²) in [5, 5.41) is 13.2. The molecule has 1 aliphatic heterocycles. The summed E-state index contributed by atoms with van der Waals surface area (Å²) in [5.41, 5.74) is 5.36. The lowest BCUT2D eigenvalue weighted by atomic mass is 9.86. The van der Waals surface area contributed by atoms with Crippen molar-refractivity contribution in [1.29, 1.82) is 5.41 Å². The second-order valence-electron chi connectivity index (χ2n) is 3.54. The van der Waals surface area contributed by atoms with Crippen LogP contribution in [0.15, 0.2) is 0 Å². The SMILES string of the molecule is CCNCC1(CNC(=N)N)COC1. The first-order valence-electron chi connectivity index (χ1n) is 4.55. The van der Waals surface area contributed by atoms with E-state index >= 15 is 0 Å². The van der Waals surface area contributed by atoms with Crippen LogP contribution in [0.2, 0.25) is 0 Å². The van der Waals surface area contributed by atoms with Gasteiger partial charge in [-0.15, -0.1) is 0 Å². The van der Waals surface area contributed by atoms with Crippen molar-refractivity contribution in [2.75, 3.05) is 32.8 Å². The number of rotatable bonds is 5. The zero-order valence-corrected chi connectivity index (χ0v) is 8.02. The Bertz CT molecular complexity index is 179. The monoisotopic (exact) mass is 186 g/mol. The summed E-state index contributed by atoms with van der Waals surface area (Å²) < 4.78 is 5.18. The minimum atomic E-state index is 0.0303. The normalized spacial score (nSPS) is 19.2. The van der Waals surface area contributed by atoms with E-state index in [1.54, 1.807) is 0 Å². The van der Waals surface area contributed by atoms with Gasteiger partial charge in [-0.05, 0) is 6.54 Å². The van der Waals surface area contributed by atoms with E-state index < -0.39 is 0 Å². The van der Waals surface area contributed by atoms with Crippen LogP contribution >= 0.6 is 0 Å². The first-order chi connectivity index (χ1) is 6.18. The van der Waals surface area contributed by atoms with Gasteiger partial charge in [0.1, 0.15) is 0 Å². The predicted octanol–water partition coefficient (Wildman–Crippen LogP) is -0.904. The highest BCUT2D eigenvalue weighted by Crippen LogP contribution is 2.25. The molecule has 0 unspecified atom stereocenters. The highest BCUT2D eigenvalue weighted by atomic mass is 16.5. The van der Waals surface area contributed by atoms with Gasteiger partial charge < -0.3 is 21.1 Å². The molecule has 0 aromatic heterocycles. The van der Waals surface area contributed by atoms with Crippen LogP contribution in [-0.4, -0.2) is 38.8 Å². The zero-order chi connectivity index (χ0) is 9.73. The molecule has 0 atom stereocenters. The summed E-state index contributed by atoms with van der Waals surface area (Å²) in [5.74, 6) is 0.0303. The van der Waals surface area contributed by atoms with Gasteiger partial charge in [-0.25, -0.2) is 0 Å². The summed E-state index contributed by atoms with van der Waals surface area (Å²) >= 11 is 0. The van der Waals surface area contributed by atoms with Crippen molar-refractivity contribution in [2.45, 2.75) is 6.92 Å². The third-order valence-electron chi connectivity index (χ3n) is 2.22. The molecule has 0 spiro atoms. The average molecular weight is 186 g/mol. The van der Waals surface area contributed by atoms with Gasteiger partial charge in [0.2, 0.25) is 0 Å². The number of ether oxygens (including phenoxy) is 1. The zero-order valence-electron chi connectivity index (χ0n) is 8.02. The van der Waals surface area contributed by atoms with E-state index in [0.29, 0.717) is 0 Å². The van der Waals surface area contributed by atoms with Gasteiger partial charge in [-0.1, -0.05) is 6.92 Å². The minimum Gasteiger partial charge on any atom is -0.380 e. The van der Waals surface area contributed by atoms with Crippen molar-refractivity contribution < 1.29 is 4.74 Å². The molecule has 0 radical (unpaired) electrons. The second kappa shape index (κ2) is 4.43. The van der Waals surface area contributed by atoms with Crippen LogP contribution in [0.25, 0.3) is 0 Å². The highest BCUT2D eigenvalue weighted by Gasteiger charge is 2.37. The molecule has 1 aliphatic rings. The summed E-state index contributed by atoms with van der Waals surface area (Å²) in [7, 11) is 0. The maximum atomic E-state index is 7.06. The molecule has 0 aromatic carbocycles. The van der Waals surface area contributed by atoms with Crippen LogP contribution in [-0.2, 0) is 4.74 Å². The minimum absolute atomic E-state index is 0.0303. The largest absolute Gasteiger partial charge is 0.380 e. The van der Waals surface area contributed by atoms with Crippen LogP contribution in [0.5, 0.6) is 0 Å². The van der Waals surface area contributed by atoms with Gasteiger partial charge in [-0.2, -0.15) is 0 Å². The Kier molecular flexibility index (Phi) is 3.50. The molecule has 0 aliphatic carbocycles. The standard InChI is InChI=1S/C8H18N4O/c1-2-11-3-8(5-13-6-8)4-12-7(9)10/h11H,2-6H2,1H3,(H4,9,10,12). The van der Waals surface area contributed by atoms with Crippen molar-refractivity contribution in [1.82, 2.24) is 10.6 Å². The average Bonchev–Trinajstić information content (AvgIpc) is 2.02. The van der Waals surface area contributed by atoms with Crippen LogP contribution in [0, 0.1) is 10.8 Å². The molecule has 1 heterocycles. The van der Waals surface area contributed by atoms with Crippen LogP contribution < -0.4 is 16.4 Å². The van der Waals surface area contributed by atoms with E-state index in [2.05, 4.69) is 17.6 Å². The van der Waals surface area contributed by atoms with Crippen LogP contribution in [0.4, 0.5) is 0 Å². The lowest BCUT2D eigenvalue weighted by molar-refractivity contribution is -0.106. The molecule has 5 nitrogen and oxygen atoms in total. The number of hydrogen-bond donors (Lipinski definition) is 4.